The molecule has 1 aliphatic rings. The number of rotatable bonds is 9. The quantitative estimate of drug-likeness (QED) is 0.184. The molecule has 1 aliphatic heterocycles. The first-order valence-corrected chi connectivity index (χ1v) is 17.2. The van der Waals surface area contributed by atoms with Crippen molar-refractivity contribution < 1.29 is 32.6 Å². The number of aliphatic hydroxyl groups is 1. The summed E-state index contributed by atoms with van der Waals surface area (Å²) in [5, 5.41) is 12.2. The van der Waals surface area contributed by atoms with Crippen LogP contribution in [0.4, 0.5) is 18.9 Å². The van der Waals surface area contributed by atoms with Gasteiger partial charge in [-0.3, -0.25) is 9.59 Å². The maximum absolute atomic E-state index is 13.1. The lowest BCUT2D eigenvalue weighted by atomic mass is 10.0. The Hall–Kier alpha value is -4.32. The highest BCUT2D eigenvalue weighted by Crippen LogP contribution is 2.34. The lowest BCUT2D eigenvalue weighted by Crippen LogP contribution is -2.45. The average molecular weight is 708 g/mol. The van der Waals surface area contributed by atoms with Gasteiger partial charge in [0.15, 0.2) is 5.75 Å². The highest BCUT2D eigenvalue weighted by atomic mass is 32.2. The van der Waals surface area contributed by atoms with Crippen LogP contribution in [-0.2, 0) is 23.9 Å². The number of alkyl halides is 3. The van der Waals surface area contributed by atoms with E-state index >= 15 is 0 Å². The van der Waals surface area contributed by atoms with Crippen molar-refractivity contribution in [3.8, 4) is 5.75 Å². The van der Waals surface area contributed by atoms with E-state index < -0.39 is 17.6 Å². The van der Waals surface area contributed by atoms with Gasteiger partial charge < -0.3 is 25.0 Å². The van der Waals surface area contributed by atoms with E-state index in [1.165, 1.54) is 33.1 Å². The molecule has 2 amide bonds. The lowest BCUT2D eigenvalue weighted by molar-refractivity contribution is -0.137. The SMILES string of the molecule is C[C@H]1COc2c(NC(=O)Cc3ccc(C(F)(F)F)cc3)cccc2C(=O)N([C@@H](C)CO)C1.Cc1cccc(Sc2ccc(CN(C)C)cc2)c1. The van der Waals surface area contributed by atoms with E-state index in [0.717, 1.165) is 18.7 Å². The van der Waals surface area contributed by atoms with Gasteiger partial charge in [-0.15, -0.1) is 0 Å². The molecule has 5 rings (SSSR count). The summed E-state index contributed by atoms with van der Waals surface area (Å²) >= 11 is 1.82. The molecule has 0 bridgehead atoms. The molecule has 0 radical (unpaired) electrons. The van der Waals surface area contributed by atoms with Crippen LogP contribution in [0, 0.1) is 12.8 Å². The number of hydrogen-bond acceptors (Lipinski definition) is 6. The third kappa shape index (κ3) is 11.1. The van der Waals surface area contributed by atoms with E-state index in [1.807, 2.05) is 18.7 Å². The standard InChI is InChI=1S/C23H25F3N2O4.C16H19NS/c1-14-11-28(15(2)12-29)22(31)18-4-3-5-19(21(18)32-13-14)27-20(30)10-16-6-8-17(9-7-16)23(24,25)26;1-13-5-4-6-16(11-13)18-15-9-7-14(8-10-15)12-17(2)3/h3-9,14-15,29H,10-13H2,1-2H3,(H,27,30);4-11H,12H2,1-3H3/t14-,15+;/m1./s1. The maximum Gasteiger partial charge on any atom is 0.416 e. The molecular formula is C39H44F3N3O4S. The van der Waals surface area contributed by atoms with Crippen LogP contribution in [0.1, 0.15) is 46.5 Å². The fourth-order valence-corrected chi connectivity index (χ4v) is 6.26. The second-order valence-electron chi connectivity index (χ2n) is 12.8. The number of aliphatic hydroxyl groups excluding tert-OH is 1. The van der Waals surface area contributed by atoms with Gasteiger partial charge in [0, 0.05) is 28.8 Å². The van der Waals surface area contributed by atoms with Crippen molar-refractivity contribution in [3.63, 3.8) is 0 Å². The van der Waals surface area contributed by atoms with Crippen LogP contribution in [-0.4, -0.2) is 66.6 Å². The molecule has 0 aromatic heterocycles. The van der Waals surface area contributed by atoms with Crippen LogP contribution in [0.15, 0.2) is 101 Å². The second kappa shape index (κ2) is 17.6. The Morgan fingerprint density at radius 3 is 2.28 bits per heavy atom. The number of nitrogens with one attached hydrogen (secondary N) is 1. The third-order valence-electron chi connectivity index (χ3n) is 7.89. The first-order valence-electron chi connectivity index (χ1n) is 16.3. The first-order chi connectivity index (χ1) is 23.7. The van der Waals surface area contributed by atoms with Crippen molar-refractivity contribution >= 4 is 29.3 Å². The van der Waals surface area contributed by atoms with E-state index in [0.29, 0.717) is 24.4 Å². The number of fused-ring (bicyclic) bond motifs is 1. The van der Waals surface area contributed by atoms with Gasteiger partial charge in [0.25, 0.3) is 5.91 Å². The topological polar surface area (TPSA) is 82.1 Å². The Labute approximate surface area is 296 Å². The number of ether oxygens (including phenoxy) is 1. The molecule has 0 aliphatic carbocycles. The number of carbonyl (C=O) groups excluding carboxylic acids is 2. The molecule has 1 heterocycles. The number of anilines is 1. The molecule has 2 N–H and O–H groups in total. The zero-order valence-electron chi connectivity index (χ0n) is 29.0. The van der Waals surface area contributed by atoms with Gasteiger partial charge in [-0.05, 0) is 87.6 Å². The molecule has 0 spiro atoms. The smallest absolute Gasteiger partial charge is 0.416 e. The van der Waals surface area contributed by atoms with Crippen molar-refractivity contribution in [2.24, 2.45) is 5.92 Å². The molecule has 7 nitrogen and oxygen atoms in total. The predicted octanol–water partition coefficient (Wildman–Crippen LogP) is 7.95. The molecule has 2 atom stereocenters. The second-order valence-corrected chi connectivity index (χ2v) is 14.0. The summed E-state index contributed by atoms with van der Waals surface area (Å²) < 4.78 is 44.0. The monoisotopic (exact) mass is 707 g/mol. The van der Waals surface area contributed by atoms with Crippen LogP contribution in [0.5, 0.6) is 5.75 Å². The van der Waals surface area contributed by atoms with Crippen molar-refractivity contribution in [1.82, 2.24) is 9.80 Å². The number of halogens is 3. The first kappa shape index (κ1) is 38.5. The van der Waals surface area contributed by atoms with Crippen LogP contribution in [0.25, 0.3) is 0 Å². The summed E-state index contributed by atoms with van der Waals surface area (Å²) in [6.45, 7) is 7.34. The van der Waals surface area contributed by atoms with Crippen LogP contribution < -0.4 is 10.1 Å². The highest BCUT2D eigenvalue weighted by Gasteiger charge is 2.31. The summed E-state index contributed by atoms with van der Waals surface area (Å²) in [4.78, 5) is 32.0. The zero-order valence-corrected chi connectivity index (χ0v) is 29.8. The van der Waals surface area contributed by atoms with Gasteiger partial charge in [-0.1, -0.05) is 66.7 Å². The Balaban J connectivity index is 0.000000263. The Morgan fingerprint density at radius 1 is 1.00 bits per heavy atom. The van der Waals surface area contributed by atoms with Crippen LogP contribution in [0.3, 0.4) is 0 Å². The Bertz CT molecular complexity index is 1730. The van der Waals surface area contributed by atoms with Crippen LogP contribution >= 0.6 is 11.8 Å². The Kier molecular flexibility index (Phi) is 13.5. The van der Waals surface area contributed by atoms with Crippen molar-refractivity contribution in [2.45, 2.75) is 55.7 Å². The van der Waals surface area contributed by atoms with E-state index in [9.17, 15) is 27.9 Å². The largest absolute Gasteiger partial charge is 0.490 e. The fraction of sp³-hybridized carbons (Fsp3) is 0.333. The van der Waals surface area contributed by atoms with Gasteiger partial charge in [0.1, 0.15) is 0 Å². The Morgan fingerprint density at radius 2 is 1.66 bits per heavy atom. The number of hydrogen-bond donors (Lipinski definition) is 2. The van der Waals surface area contributed by atoms with Gasteiger partial charge in [0.05, 0.1) is 42.5 Å². The van der Waals surface area contributed by atoms with Gasteiger partial charge in [-0.25, -0.2) is 0 Å². The molecule has 0 fully saturated rings. The average Bonchev–Trinajstić information content (AvgIpc) is 3.06. The number of amides is 2. The summed E-state index contributed by atoms with van der Waals surface area (Å²) in [7, 11) is 4.19. The number of benzene rings is 4. The van der Waals surface area contributed by atoms with E-state index in [1.54, 1.807) is 30.0 Å². The predicted molar refractivity (Wildman–Crippen MR) is 192 cm³/mol. The maximum atomic E-state index is 13.1. The molecular weight excluding hydrogens is 664 g/mol. The molecule has 0 saturated heterocycles. The van der Waals surface area contributed by atoms with Crippen molar-refractivity contribution in [2.75, 3.05) is 39.2 Å². The normalized spacial score (nSPS) is 15.2. The van der Waals surface area contributed by atoms with E-state index in [4.69, 9.17) is 4.74 Å². The molecule has 11 heteroatoms. The van der Waals surface area contributed by atoms with Gasteiger partial charge >= 0.3 is 6.18 Å². The minimum absolute atomic E-state index is 0.00277. The number of nitrogens with zero attached hydrogens (tertiary/aromatic N) is 2. The highest BCUT2D eigenvalue weighted by molar-refractivity contribution is 7.99. The van der Waals surface area contributed by atoms with E-state index in [2.05, 4.69) is 79.8 Å². The summed E-state index contributed by atoms with van der Waals surface area (Å²) in [6.07, 6.45) is -4.58. The number of carbonyl (C=O) groups is 2. The summed E-state index contributed by atoms with van der Waals surface area (Å²) in [5.41, 5.74) is 2.87. The minimum Gasteiger partial charge on any atom is -0.490 e. The molecule has 4 aromatic rings. The van der Waals surface area contributed by atoms with Crippen molar-refractivity contribution in [3.05, 3.63) is 119 Å². The molecule has 0 saturated carbocycles. The number of para-hydroxylation sites is 1. The van der Waals surface area contributed by atoms with E-state index in [-0.39, 0.29) is 42.2 Å². The van der Waals surface area contributed by atoms with Gasteiger partial charge in [-0.2, -0.15) is 13.2 Å². The van der Waals surface area contributed by atoms with Crippen LogP contribution in [0.2, 0.25) is 0 Å². The molecule has 266 valence electrons. The molecule has 50 heavy (non-hydrogen) atoms. The van der Waals surface area contributed by atoms with Crippen molar-refractivity contribution in [1.29, 1.82) is 0 Å². The zero-order chi connectivity index (χ0) is 36.4. The summed E-state index contributed by atoms with van der Waals surface area (Å²) in [5.74, 6) is -0.534. The van der Waals surface area contributed by atoms with Gasteiger partial charge in [0.2, 0.25) is 5.91 Å². The lowest BCUT2D eigenvalue weighted by Gasteiger charge is -2.33. The molecule has 0 unspecified atom stereocenters. The fourth-order valence-electron chi connectivity index (χ4n) is 5.32. The summed E-state index contributed by atoms with van der Waals surface area (Å²) in [6, 6.07) is 26.2. The molecule has 4 aromatic carbocycles. The minimum atomic E-state index is -4.44. The third-order valence-corrected chi connectivity index (χ3v) is 8.89. The number of aryl methyl sites for hydroxylation is 1.